The molecule has 1 aromatic heterocycles. The predicted octanol–water partition coefficient (Wildman–Crippen LogP) is 0.864. The van der Waals surface area contributed by atoms with Crippen LogP contribution in [0.1, 0.15) is 25.3 Å². The zero-order chi connectivity index (χ0) is 16.3. The van der Waals surface area contributed by atoms with E-state index in [9.17, 15) is 9.59 Å². The van der Waals surface area contributed by atoms with Crippen molar-refractivity contribution < 1.29 is 14.3 Å². The van der Waals surface area contributed by atoms with Crippen molar-refractivity contribution >= 4 is 11.8 Å². The SMILES string of the molecule is CC(=O)N1CCC2(CC1)CN(C(=O)Cc1cccnc1)CCO2. The van der Waals surface area contributed by atoms with Crippen LogP contribution < -0.4 is 0 Å². The van der Waals surface area contributed by atoms with Gasteiger partial charge in [-0.05, 0) is 24.5 Å². The average molecular weight is 317 g/mol. The zero-order valence-corrected chi connectivity index (χ0v) is 13.5. The number of rotatable bonds is 2. The van der Waals surface area contributed by atoms with Gasteiger partial charge in [0, 0.05) is 45.5 Å². The number of ether oxygens (including phenoxy) is 1. The minimum atomic E-state index is -0.283. The molecule has 0 aromatic carbocycles. The monoisotopic (exact) mass is 317 g/mol. The Morgan fingerprint density at radius 1 is 1.26 bits per heavy atom. The summed E-state index contributed by atoms with van der Waals surface area (Å²) in [5.41, 5.74) is 0.652. The van der Waals surface area contributed by atoms with Crippen molar-refractivity contribution in [1.29, 1.82) is 0 Å². The number of carbonyl (C=O) groups excluding carboxylic acids is 2. The highest BCUT2D eigenvalue weighted by Gasteiger charge is 2.41. The summed E-state index contributed by atoms with van der Waals surface area (Å²) in [6.07, 6.45) is 5.41. The lowest BCUT2D eigenvalue weighted by atomic mass is 9.89. The normalized spacial score (nSPS) is 20.6. The highest BCUT2D eigenvalue weighted by atomic mass is 16.5. The maximum Gasteiger partial charge on any atom is 0.227 e. The summed E-state index contributed by atoms with van der Waals surface area (Å²) in [7, 11) is 0. The quantitative estimate of drug-likeness (QED) is 0.812. The lowest BCUT2D eigenvalue weighted by Gasteiger charge is -2.47. The molecule has 2 saturated heterocycles. The molecule has 0 radical (unpaired) electrons. The van der Waals surface area contributed by atoms with Gasteiger partial charge in [-0.25, -0.2) is 0 Å². The van der Waals surface area contributed by atoms with Gasteiger partial charge in [0.25, 0.3) is 0 Å². The van der Waals surface area contributed by atoms with Crippen molar-refractivity contribution in [2.45, 2.75) is 31.8 Å². The van der Waals surface area contributed by atoms with Gasteiger partial charge in [0.15, 0.2) is 0 Å². The molecule has 0 atom stereocenters. The van der Waals surface area contributed by atoms with Crippen LogP contribution in [0.25, 0.3) is 0 Å². The van der Waals surface area contributed by atoms with Gasteiger partial charge in [0.1, 0.15) is 0 Å². The molecule has 2 aliphatic rings. The topological polar surface area (TPSA) is 62.7 Å². The predicted molar refractivity (Wildman–Crippen MR) is 84.7 cm³/mol. The molecule has 0 bridgehead atoms. The largest absolute Gasteiger partial charge is 0.371 e. The van der Waals surface area contributed by atoms with Crippen LogP contribution in [0.5, 0.6) is 0 Å². The third-order valence-electron chi connectivity index (χ3n) is 4.80. The zero-order valence-electron chi connectivity index (χ0n) is 13.5. The van der Waals surface area contributed by atoms with Gasteiger partial charge < -0.3 is 14.5 Å². The standard InChI is InChI=1S/C17H23N3O3/c1-14(21)19-7-4-17(5-8-19)13-20(9-10-23-17)16(22)11-15-3-2-6-18-12-15/h2-3,6,12H,4-5,7-11,13H2,1H3. The molecule has 0 aliphatic carbocycles. The smallest absolute Gasteiger partial charge is 0.227 e. The van der Waals surface area contributed by atoms with Crippen molar-refractivity contribution in [1.82, 2.24) is 14.8 Å². The van der Waals surface area contributed by atoms with Crippen LogP contribution in [0.3, 0.4) is 0 Å². The van der Waals surface area contributed by atoms with E-state index in [-0.39, 0.29) is 17.4 Å². The fourth-order valence-corrected chi connectivity index (χ4v) is 3.38. The highest BCUT2D eigenvalue weighted by Crippen LogP contribution is 2.30. The highest BCUT2D eigenvalue weighted by molar-refractivity contribution is 5.79. The Balaban J connectivity index is 1.60. The van der Waals surface area contributed by atoms with Crippen molar-refractivity contribution in [3.8, 4) is 0 Å². The summed E-state index contributed by atoms with van der Waals surface area (Å²) < 4.78 is 6.02. The Hall–Kier alpha value is -1.95. The van der Waals surface area contributed by atoms with E-state index in [0.717, 1.165) is 18.4 Å². The van der Waals surface area contributed by atoms with Gasteiger partial charge in [0.2, 0.25) is 11.8 Å². The Morgan fingerprint density at radius 2 is 2.04 bits per heavy atom. The van der Waals surface area contributed by atoms with Crippen LogP contribution in [0, 0.1) is 0 Å². The minimum Gasteiger partial charge on any atom is -0.371 e. The van der Waals surface area contributed by atoms with Crippen LogP contribution in [0.2, 0.25) is 0 Å². The summed E-state index contributed by atoms with van der Waals surface area (Å²) >= 11 is 0. The number of pyridine rings is 1. The number of carbonyl (C=O) groups is 2. The number of aromatic nitrogens is 1. The molecule has 124 valence electrons. The van der Waals surface area contributed by atoms with E-state index in [1.54, 1.807) is 19.3 Å². The Morgan fingerprint density at radius 3 is 2.70 bits per heavy atom. The first kappa shape index (κ1) is 15.9. The molecule has 23 heavy (non-hydrogen) atoms. The van der Waals surface area contributed by atoms with Crippen molar-refractivity contribution in [3.63, 3.8) is 0 Å². The molecule has 1 spiro atoms. The maximum atomic E-state index is 12.5. The van der Waals surface area contributed by atoms with Crippen LogP contribution >= 0.6 is 0 Å². The summed E-state index contributed by atoms with van der Waals surface area (Å²) in [4.78, 5) is 31.8. The Labute approximate surface area is 136 Å². The van der Waals surface area contributed by atoms with Crippen molar-refractivity contribution in [2.24, 2.45) is 0 Å². The van der Waals surface area contributed by atoms with Crippen LogP contribution in [-0.4, -0.2) is 65.0 Å². The maximum absolute atomic E-state index is 12.5. The van der Waals surface area contributed by atoms with E-state index in [1.165, 1.54) is 0 Å². The Kier molecular flexibility index (Phi) is 4.61. The first-order chi connectivity index (χ1) is 11.1. The van der Waals surface area contributed by atoms with Gasteiger partial charge in [0.05, 0.1) is 18.6 Å². The first-order valence-corrected chi connectivity index (χ1v) is 8.14. The van der Waals surface area contributed by atoms with Gasteiger partial charge in [-0.15, -0.1) is 0 Å². The van der Waals surface area contributed by atoms with Crippen LogP contribution in [0.4, 0.5) is 0 Å². The number of hydrogen-bond acceptors (Lipinski definition) is 4. The second-order valence-electron chi connectivity index (χ2n) is 6.39. The van der Waals surface area contributed by atoms with E-state index in [4.69, 9.17) is 4.74 Å². The number of hydrogen-bond donors (Lipinski definition) is 0. The summed E-state index contributed by atoms with van der Waals surface area (Å²) in [6, 6.07) is 3.77. The molecule has 2 aliphatic heterocycles. The van der Waals surface area contributed by atoms with Gasteiger partial charge in [-0.2, -0.15) is 0 Å². The number of amides is 2. The molecule has 0 N–H and O–H groups in total. The van der Waals surface area contributed by atoms with E-state index in [1.807, 2.05) is 21.9 Å². The van der Waals surface area contributed by atoms with Crippen LogP contribution in [0.15, 0.2) is 24.5 Å². The van der Waals surface area contributed by atoms with Gasteiger partial charge >= 0.3 is 0 Å². The molecule has 1 aromatic rings. The molecular weight excluding hydrogens is 294 g/mol. The molecule has 3 heterocycles. The summed E-state index contributed by atoms with van der Waals surface area (Å²) in [6.45, 7) is 4.84. The van der Waals surface area contributed by atoms with Crippen molar-refractivity contribution in [2.75, 3.05) is 32.8 Å². The number of piperidine rings is 1. The summed E-state index contributed by atoms with van der Waals surface area (Å²) in [5, 5.41) is 0. The molecule has 6 heteroatoms. The molecule has 0 unspecified atom stereocenters. The Bertz CT molecular complexity index is 568. The second-order valence-corrected chi connectivity index (χ2v) is 6.39. The lowest BCUT2D eigenvalue weighted by Crippen LogP contribution is -2.58. The second kappa shape index (κ2) is 6.66. The lowest BCUT2D eigenvalue weighted by molar-refractivity contribution is -0.162. The third-order valence-corrected chi connectivity index (χ3v) is 4.80. The van der Waals surface area contributed by atoms with E-state index in [0.29, 0.717) is 39.2 Å². The van der Waals surface area contributed by atoms with Crippen LogP contribution in [-0.2, 0) is 20.7 Å². The molecule has 2 amide bonds. The number of likely N-dealkylation sites (tertiary alicyclic amines) is 1. The van der Waals surface area contributed by atoms with E-state index < -0.39 is 0 Å². The number of nitrogens with zero attached hydrogens (tertiary/aromatic N) is 3. The van der Waals surface area contributed by atoms with Gasteiger partial charge in [-0.1, -0.05) is 6.07 Å². The van der Waals surface area contributed by atoms with E-state index in [2.05, 4.69) is 4.98 Å². The molecular formula is C17H23N3O3. The minimum absolute atomic E-state index is 0.111. The first-order valence-electron chi connectivity index (χ1n) is 8.14. The van der Waals surface area contributed by atoms with E-state index >= 15 is 0 Å². The molecule has 0 saturated carbocycles. The molecule has 3 rings (SSSR count). The molecule has 6 nitrogen and oxygen atoms in total. The number of morpholine rings is 1. The third kappa shape index (κ3) is 3.69. The molecule has 2 fully saturated rings. The fourth-order valence-electron chi connectivity index (χ4n) is 3.38. The summed E-state index contributed by atoms with van der Waals surface area (Å²) in [5.74, 6) is 0.231. The van der Waals surface area contributed by atoms with Gasteiger partial charge in [-0.3, -0.25) is 14.6 Å². The average Bonchev–Trinajstić information content (AvgIpc) is 2.56. The fraction of sp³-hybridized carbons (Fsp3) is 0.588. The van der Waals surface area contributed by atoms with Crippen molar-refractivity contribution in [3.05, 3.63) is 30.1 Å².